The molecule has 0 radical (unpaired) electrons. The summed E-state index contributed by atoms with van der Waals surface area (Å²) in [5.74, 6) is -1.77. The molecule has 2 amide bonds. The van der Waals surface area contributed by atoms with Crippen LogP contribution in [0.4, 0.5) is 4.39 Å². The van der Waals surface area contributed by atoms with Gasteiger partial charge < -0.3 is 16.4 Å². The van der Waals surface area contributed by atoms with Crippen LogP contribution in [0.15, 0.2) is 24.3 Å². The Labute approximate surface area is 98.2 Å². The zero-order chi connectivity index (χ0) is 12.8. The van der Waals surface area contributed by atoms with E-state index < -0.39 is 23.7 Å². The number of nitrogens with one attached hydrogen (secondary N) is 3. The molecule has 1 unspecified atom stereocenters. The molecule has 3 N–H and O–H groups in total. The first-order chi connectivity index (χ1) is 8.06. The first-order valence-electron chi connectivity index (χ1n) is 5.01. The SMILES string of the molecule is CNC(=O)C([NH-])CNC(=O)c1ccccc1F.[Sg]. The molecule has 18 heavy (non-hydrogen) atoms. The quantitative estimate of drug-likeness (QED) is 0.631. The molecule has 1 aromatic carbocycles. The molecule has 94 valence electrons. The maximum absolute atomic E-state index is 13.2. The molecule has 0 aliphatic heterocycles. The van der Waals surface area contributed by atoms with Gasteiger partial charge in [0.05, 0.1) is 5.56 Å². The molecular weight excluding hydrogens is 494 g/mol. The standard InChI is InChI=1S/C11H13FN3O2.Sg/c1-14-11(17)9(13)6-15-10(16)7-4-2-3-5-8(7)12;/h2-5,9,13H,6H2,1H3,(H,14,17)(H,15,16);/q-1;. The molecule has 1 rings (SSSR count). The van der Waals surface area contributed by atoms with Crippen molar-refractivity contribution in [2.75, 3.05) is 13.6 Å². The van der Waals surface area contributed by atoms with Crippen LogP contribution in [0.25, 0.3) is 5.73 Å². The summed E-state index contributed by atoms with van der Waals surface area (Å²) in [5, 5.41) is 4.62. The van der Waals surface area contributed by atoms with E-state index in [0.29, 0.717) is 0 Å². The molecule has 0 fully saturated rings. The molecule has 0 aliphatic carbocycles. The average molecular weight is 507 g/mol. The van der Waals surface area contributed by atoms with Crippen molar-refractivity contribution in [3.63, 3.8) is 0 Å². The second-order valence-corrected chi connectivity index (χ2v) is 3.36. The molecule has 5 nitrogen and oxygen atoms in total. The van der Waals surface area contributed by atoms with Crippen LogP contribution in [0.3, 0.4) is 0 Å². The minimum Gasteiger partial charge on any atom is -0.665 e. The van der Waals surface area contributed by atoms with E-state index in [1.54, 1.807) is 0 Å². The number of hydrogen-bond donors (Lipinski definition) is 2. The Balaban J connectivity index is 0.00000289. The fourth-order valence-corrected chi connectivity index (χ4v) is 1.20. The van der Waals surface area contributed by atoms with Crippen LogP contribution in [0.2, 0.25) is 0 Å². The summed E-state index contributed by atoms with van der Waals surface area (Å²) in [6.45, 7) is -0.160. The van der Waals surface area contributed by atoms with E-state index in [4.69, 9.17) is 5.73 Å². The average Bonchev–Trinajstić information content (AvgIpc) is 2.35. The largest absolute Gasteiger partial charge is 0.665 e. The Morgan fingerprint density at radius 3 is 2.56 bits per heavy atom. The molecule has 0 saturated heterocycles. The maximum Gasteiger partial charge on any atom is 0.254 e. The van der Waals surface area contributed by atoms with Gasteiger partial charge in [-0.05, 0) is 18.2 Å². The van der Waals surface area contributed by atoms with Crippen molar-refractivity contribution in [2.45, 2.75) is 6.04 Å². The van der Waals surface area contributed by atoms with Gasteiger partial charge >= 0.3 is 0 Å². The van der Waals surface area contributed by atoms with Crippen molar-refractivity contribution < 1.29 is 14.0 Å². The third-order valence-corrected chi connectivity index (χ3v) is 2.15. The molecular formula is C11H13FN3O2Sg-. The Hall–Kier alpha value is -2.95. The summed E-state index contributed by atoms with van der Waals surface area (Å²) < 4.78 is 13.2. The predicted octanol–water partition coefficient (Wildman–Crippen LogP) is 0.722. The van der Waals surface area contributed by atoms with E-state index >= 15 is 0 Å². The van der Waals surface area contributed by atoms with Gasteiger partial charge in [0, 0.05) is 13.6 Å². The summed E-state index contributed by atoms with van der Waals surface area (Å²) in [7, 11) is 1.41. The summed E-state index contributed by atoms with van der Waals surface area (Å²) in [4.78, 5) is 22.5. The van der Waals surface area contributed by atoms with Gasteiger partial charge in [-0.2, -0.15) is 0 Å². The minimum atomic E-state index is -1.10. The van der Waals surface area contributed by atoms with Crippen molar-refractivity contribution in [3.8, 4) is 0 Å². The number of carbonyl (C=O) groups is 2. The van der Waals surface area contributed by atoms with Crippen LogP contribution in [-0.2, 0) is 4.79 Å². The Kier molecular flexibility index (Phi) is 5.51. The van der Waals surface area contributed by atoms with Gasteiger partial charge in [0.2, 0.25) is 5.91 Å². The summed E-state index contributed by atoms with van der Waals surface area (Å²) >= 11 is 0. The zero-order valence-electron chi connectivity index (χ0n) is 10.00. The Morgan fingerprint density at radius 2 is 2.00 bits per heavy atom. The molecule has 0 aromatic heterocycles. The first kappa shape index (κ1) is 15.0. The van der Waals surface area contributed by atoms with Gasteiger partial charge in [-0.3, -0.25) is 9.59 Å². The van der Waals surface area contributed by atoms with Crippen molar-refractivity contribution in [2.24, 2.45) is 0 Å². The molecule has 7 heteroatoms. The van der Waals surface area contributed by atoms with Crippen LogP contribution in [0, 0.1) is 5.82 Å². The topological polar surface area (TPSA) is 82.0 Å². The number of rotatable bonds is 4. The normalized spacial score (nSPS) is 11.1. The summed E-state index contributed by atoms with van der Waals surface area (Å²) in [5.41, 5.74) is 7.27. The van der Waals surface area contributed by atoms with Crippen molar-refractivity contribution in [1.29, 1.82) is 0 Å². The fourth-order valence-electron chi connectivity index (χ4n) is 1.20. The number of benzene rings is 1. The smallest absolute Gasteiger partial charge is 0.254 e. The van der Waals surface area contributed by atoms with Gasteiger partial charge in [-0.25, -0.2) is 4.39 Å². The predicted molar refractivity (Wildman–Crippen MR) is 60.9 cm³/mol. The third kappa shape index (κ3) is 3.57. The van der Waals surface area contributed by atoms with E-state index in [1.165, 1.54) is 31.3 Å². The number of likely N-dealkylation sites (N-methyl/N-ethyl adjacent to an activating group) is 1. The number of amides is 2. The van der Waals surface area contributed by atoms with E-state index in [1.807, 2.05) is 0 Å². The summed E-state index contributed by atoms with van der Waals surface area (Å²) in [6.07, 6.45) is 0. The molecule has 0 bridgehead atoms. The van der Waals surface area contributed by atoms with E-state index in [0.717, 1.165) is 0 Å². The van der Waals surface area contributed by atoms with Crippen molar-refractivity contribution >= 4 is 11.8 Å². The minimum absolute atomic E-state index is 0. The van der Waals surface area contributed by atoms with E-state index in [9.17, 15) is 14.0 Å². The van der Waals surface area contributed by atoms with Crippen LogP contribution >= 0.6 is 0 Å². The monoisotopic (exact) mass is 509 g/mol. The number of halogens is 1. The van der Waals surface area contributed by atoms with Gasteiger partial charge in [0.1, 0.15) is 5.82 Å². The van der Waals surface area contributed by atoms with Crippen LogP contribution < -0.4 is 10.6 Å². The molecule has 0 aliphatic rings. The third-order valence-electron chi connectivity index (χ3n) is 2.15. The van der Waals surface area contributed by atoms with Gasteiger partial charge in [0.25, 0.3) is 5.91 Å². The molecule has 0 saturated carbocycles. The van der Waals surface area contributed by atoms with Gasteiger partial charge in [-0.1, -0.05) is 12.1 Å². The molecule has 0 spiro atoms. The molecule has 0 heterocycles. The van der Waals surface area contributed by atoms with Gasteiger partial charge in [0.15, 0.2) is 0 Å². The van der Waals surface area contributed by atoms with Gasteiger partial charge in [-0.15, -0.1) is 0 Å². The van der Waals surface area contributed by atoms with E-state index in [2.05, 4.69) is 10.6 Å². The number of hydrogen-bond acceptors (Lipinski definition) is 2. The van der Waals surface area contributed by atoms with Crippen LogP contribution in [0.5, 0.6) is 0 Å². The zero-order valence-corrected chi connectivity index (χ0v) is 16.5. The second-order valence-electron chi connectivity index (χ2n) is 3.36. The van der Waals surface area contributed by atoms with Crippen molar-refractivity contribution in [1.82, 2.24) is 10.6 Å². The Morgan fingerprint density at radius 1 is 1.39 bits per heavy atom. The number of carbonyl (C=O) groups excluding carboxylic acids is 2. The fraction of sp³-hybridized carbons (Fsp3) is 0.273. The Bertz CT molecular complexity index is 429. The molecule has 1 atom stereocenters. The van der Waals surface area contributed by atoms with Crippen LogP contribution in [-0.4, -0.2) is 31.4 Å². The second kappa shape index (κ2) is 6.59. The van der Waals surface area contributed by atoms with Crippen molar-refractivity contribution in [3.05, 3.63) is 41.4 Å². The maximum atomic E-state index is 13.2. The molecule has 1 aromatic rings. The van der Waals surface area contributed by atoms with E-state index in [-0.39, 0.29) is 12.1 Å². The van der Waals surface area contributed by atoms with Crippen LogP contribution in [0.1, 0.15) is 10.4 Å². The first-order valence-corrected chi connectivity index (χ1v) is 5.01. The summed E-state index contributed by atoms with van der Waals surface area (Å²) in [6, 6.07) is 4.42.